The molecule has 1 heterocycles. The third-order valence-corrected chi connectivity index (χ3v) is 4.16. The van der Waals surface area contributed by atoms with Crippen molar-refractivity contribution in [2.24, 2.45) is 0 Å². The molecule has 1 aromatic rings. The quantitative estimate of drug-likeness (QED) is 0.620. The van der Waals surface area contributed by atoms with Crippen LogP contribution in [0.3, 0.4) is 0 Å². The Hall–Kier alpha value is -1.46. The van der Waals surface area contributed by atoms with Gasteiger partial charge < -0.3 is 10.2 Å². The highest BCUT2D eigenvalue weighted by molar-refractivity contribution is 5.32. The Morgan fingerprint density at radius 2 is 1.95 bits per heavy atom. The number of piperidine rings is 1. The van der Waals surface area contributed by atoms with Crippen LogP contribution in [0.4, 0.5) is 5.69 Å². The van der Waals surface area contributed by atoms with Gasteiger partial charge in [0, 0.05) is 24.7 Å². The van der Waals surface area contributed by atoms with Crippen LogP contribution >= 0.6 is 0 Å². The molecular weight excluding hydrogens is 266 g/mol. The van der Waals surface area contributed by atoms with E-state index >= 15 is 0 Å². The fraction of sp³-hybridized carbons (Fsp3) is 0.625. The summed E-state index contributed by atoms with van der Waals surface area (Å²) in [5.74, 6) is 0. The summed E-state index contributed by atoms with van der Waals surface area (Å²) in [5, 5.41) is 14.2. The molecule has 0 atom stereocenters. The molecule has 1 saturated heterocycles. The fourth-order valence-corrected chi connectivity index (χ4v) is 2.74. The largest absolute Gasteiger partial charge is 0.310 e. The number of nitrogens with zero attached hydrogens (tertiary/aromatic N) is 2. The Labute approximate surface area is 126 Å². The van der Waals surface area contributed by atoms with Crippen molar-refractivity contribution in [3.63, 3.8) is 0 Å². The van der Waals surface area contributed by atoms with E-state index in [-0.39, 0.29) is 10.6 Å². The number of nitro groups is 1. The van der Waals surface area contributed by atoms with Crippen LogP contribution in [-0.2, 0) is 6.54 Å². The van der Waals surface area contributed by atoms with Crippen LogP contribution in [0.1, 0.15) is 38.2 Å². The molecule has 0 bridgehead atoms. The monoisotopic (exact) mass is 291 g/mol. The molecule has 116 valence electrons. The lowest BCUT2D eigenvalue weighted by Gasteiger charge is -2.32. The molecule has 5 heteroatoms. The molecule has 0 radical (unpaired) electrons. The number of nitrogens with one attached hydrogen (secondary N) is 1. The fourth-order valence-electron chi connectivity index (χ4n) is 2.74. The zero-order valence-electron chi connectivity index (χ0n) is 12.8. The molecule has 21 heavy (non-hydrogen) atoms. The first-order valence-corrected chi connectivity index (χ1v) is 7.88. The van der Waals surface area contributed by atoms with E-state index in [4.69, 9.17) is 0 Å². The SMILES string of the molecule is CCCCN1CCC(NCc2ccc([N+](=O)[O-])cc2)CC1. The Morgan fingerprint density at radius 3 is 2.52 bits per heavy atom. The molecule has 1 N–H and O–H groups in total. The molecule has 0 amide bonds. The minimum Gasteiger partial charge on any atom is -0.310 e. The van der Waals surface area contributed by atoms with Crippen molar-refractivity contribution in [1.29, 1.82) is 0 Å². The molecule has 1 aromatic carbocycles. The van der Waals surface area contributed by atoms with Crippen LogP contribution in [0.5, 0.6) is 0 Å². The van der Waals surface area contributed by atoms with Gasteiger partial charge in [0.2, 0.25) is 0 Å². The molecule has 1 fully saturated rings. The first-order valence-electron chi connectivity index (χ1n) is 7.88. The zero-order chi connectivity index (χ0) is 15.1. The summed E-state index contributed by atoms with van der Waals surface area (Å²) in [6.07, 6.45) is 4.94. The predicted octanol–water partition coefficient (Wildman–Crippen LogP) is 2.95. The molecule has 1 aliphatic heterocycles. The van der Waals surface area contributed by atoms with Crippen molar-refractivity contribution in [3.05, 3.63) is 39.9 Å². The van der Waals surface area contributed by atoms with Gasteiger partial charge in [-0.2, -0.15) is 0 Å². The molecule has 2 rings (SSSR count). The van der Waals surface area contributed by atoms with E-state index in [0.717, 1.165) is 12.1 Å². The molecule has 0 aliphatic carbocycles. The molecule has 0 spiro atoms. The number of hydrogen-bond acceptors (Lipinski definition) is 4. The maximum absolute atomic E-state index is 10.6. The normalized spacial score (nSPS) is 17.0. The number of unbranched alkanes of at least 4 members (excludes halogenated alkanes) is 1. The van der Waals surface area contributed by atoms with E-state index in [1.54, 1.807) is 12.1 Å². The molecule has 0 saturated carbocycles. The molecule has 1 aliphatic rings. The summed E-state index contributed by atoms with van der Waals surface area (Å²) in [4.78, 5) is 12.8. The van der Waals surface area contributed by atoms with Crippen LogP contribution in [0.2, 0.25) is 0 Å². The van der Waals surface area contributed by atoms with Crippen molar-refractivity contribution in [1.82, 2.24) is 10.2 Å². The number of nitro benzene ring substituents is 1. The van der Waals surface area contributed by atoms with Crippen LogP contribution in [-0.4, -0.2) is 35.5 Å². The average Bonchev–Trinajstić information content (AvgIpc) is 2.52. The van der Waals surface area contributed by atoms with Gasteiger partial charge in [0.1, 0.15) is 0 Å². The van der Waals surface area contributed by atoms with Crippen LogP contribution in [0.25, 0.3) is 0 Å². The lowest BCUT2D eigenvalue weighted by molar-refractivity contribution is -0.384. The highest BCUT2D eigenvalue weighted by Gasteiger charge is 2.18. The lowest BCUT2D eigenvalue weighted by atomic mass is 10.0. The number of rotatable bonds is 7. The summed E-state index contributed by atoms with van der Waals surface area (Å²) in [6.45, 7) is 6.61. The van der Waals surface area contributed by atoms with E-state index in [2.05, 4.69) is 17.1 Å². The minimum absolute atomic E-state index is 0.156. The van der Waals surface area contributed by atoms with Gasteiger partial charge in [-0.05, 0) is 44.5 Å². The first-order chi connectivity index (χ1) is 10.2. The van der Waals surface area contributed by atoms with Gasteiger partial charge in [-0.1, -0.05) is 25.5 Å². The van der Waals surface area contributed by atoms with Crippen LogP contribution in [0, 0.1) is 10.1 Å². The third kappa shape index (κ3) is 5.10. The lowest BCUT2D eigenvalue weighted by Crippen LogP contribution is -2.42. The van der Waals surface area contributed by atoms with Gasteiger partial charge in [-0.25, -0.2) is 0 Å². The standard InChI is InChI=1S/C16H25N3O2/c1-2-3-10-18-11-8-15(9-12-18)17-13-14-4-6-16(7-5-14)19(20)21/h4-7,15,17H,2-3,8-13H2,1H3. The van der Waals surface area contributed by atoms with Crippen molar-refractivity contribution in [2.45, 2.75) is 45.2 Å². The number of likely N-dealkylation sites (tertiary alicyclic amines) is 1. The summed E-state index contributed by atoms with van der Waals surface area (Å²) in [5.41, 5.74) is 1.26. The van der Waals surface area contributed by atoms with Crippen molar-refractivity contribution in [3.8, 4) is 0 Å². The van der Waals surface area contributed by atoms with Crippen molar-refractivity contribution in [2.75, 3.05) is 19.6 Å². The second-order valence-electron chi connectivity index (χ2n) is 5.77. The molecule has 0 aromatic heterocycles. The van der Waals surface area contributed by atoms with Gasteiger partial charge in [0.25, 0.3) is 5.69 Å². The highest BCUT2D eigenvalue weighted by atomic mass is 16.6. The zero-order valence-corrected chi connectivity index (χ0v) is 12.8. The number of hydrogen-bond donors (Lipinski definition) is 1. The van der Waals surface area contributed by atoms with Gasteiger partial charge in [-0.3, -0.25) is 10.1 Å². The predicted molar refractivity (Wildman–Crippen MR) is 84.3 cm³/mol. The minimum atomic E-state index is -0.358. The Bertz CT molecular complexity index is 439. The Morgan fingerprint density at radius 1 is 1.29 bits per heavy atom. The Kier molecular flexibility index (Phi) is 6.14. The van der Waals surface area contributed by atoms with Crippen molar-refractivity contribution >= 4 is 5.69 Å². The summed E-state index contributed by atoms with van der Waals surface area (Å²) in [7, 11) is 0. The maximum Gasteiger partial charge on any atom is 0.269 e. The smallest absolute Gasteiger partial charge is 0.269 e. The van der Waals surface area contributed by atoms with E-state index in [1.807, 2.05) is 12.1 Å². The van der Waals surface area contributed by atoms with Gasteiger partial charge in [0.15, 0.2) is 0 Å². The van der Waals surface area contributed by atoms with E-state index in [0.29, 0.717) is 6.04 Å². The highest BCUT2D eigenvalue weighted by Crippen LogP contribution is 2.14. The number of benzene rings is 1. The maximum atomic E-state index is 10.6. The second kappa shape index (κ2) is 8.10. The number of non-ortho nitro benzene ring substituents is 1. The van der Waals surface area contributed by atoms with E-state index in [1.165, 1.54) is 45.3 Å². The molecule has 5 nitrogen and oxygen atoms in total. The second-order valence-corrected chi connectivity index (χ2v) is 5.77. The van der Waals surface area contributed by atoms with Gasteiger partial charge in [-0.15, -0.1) is 0 Å². The molecular formula is C16H25N3O2. The van der Waals surface area contributed by atoms with E-state index < -0.39 is 0 Å². The summed E-state index contributed by atoms with van der Waals surface area (Å²) >= 11 is 0. The van der Waals surface area contributed by atoms with Crippen molar-refractivity contribution < 1.29 is 4.92 Å². The Balaban J connectivity index is 1.70. The van der Waals surface area contributed by atoms with Gasteiger partial charge >= 0.3 is 0 Å². The van der Waals surface area contributed by atoms with Crippen LogP contribution in [0.15, 0.2) is 24.3 Å². The van der Waals surface area contributed by atoms with E-state index in [9.17, 15) is 10.1 Å². The first kappa shape index (κ1) is 15.9. The van der Waals surface area contributed by atoms with Crippen LogP contribution < -0.4 is 5.32 Å². The summed E-state index contributed by atoms with van der Waals surface area (Å²) in [6, 6.07) is 7.38. The average molecular weight is 291 g/mol. The topological polar surface area (TPSA) is 58.4 Å². The third-order valence-electron chi connectivity index (χ3n) is 4.16. The molecule has 0 unspecified atom stereocenters. The van der Waals surface area contributed by atoms with Gasteiger partial charge in [0.05, 0.1) is 4.92 Å². The summed E-state index contributed by atoms with van der Waals surface area (Å²) < 4.78 is 0.